The highest BCUT2D eigenvalue weighted by molar-refractivity contribution is 5.56. The number of rotatable bonds is 2. The van der Waals surface area contributed by atoms with E-state index in [4.69, 9.17) is 5.73 Å². The van der Waals surface area contributed by atoms with Crippen molar-refractivity contribution in [1.82, 2.24) is 9.97 Å². The molecule has 0 bridgehead atoms. The number of hydrogen-bond acceptors (Lipinski definition) is 4. The summed E-state index contributed by atoms with van der Waals surface area (Å²) in [6.45, 7) is 2.05. The van der Waals surface area contributed by atoms with Crippen molar-refractivity contribution in [3.63, 3.8) is 0 Å². The number of hydrogen-bond donors (Lipinski definition) is 2. The van der Waals surface area contributed by atoms with Gasteiger partial charge < -0.3 is 11.1 Å². The fourth-order valence-corrected chi connectivity index (χ4v) is 1.23. The maximum absolute atomic E-state index is 5.52. The molecule has 2 aromatic rings. The first-order valence-corrected chi connectivity index (χ1v) is 4.65. The number of anilines is 3. The Labute approximate surface area is 88.2 Å². The van der Waals surface area contributed by atoms with Gasteiger partial charge in [-0.1, -0.05) is 17.7 Å². The van der Waals surface area contributed by atoms with Crippen molar-refractivity contribution in [3.05, 3.63) is 42.2 Å². The smallest absolute Gasteiger partial charge is 0.151 e. The Morgan fingerprint density at radius 3 is 2.53 bits per heavy atom. The third kappa shape index (κ3) is 2.43. The lowest BCUT2D eigenvalue weighted by atomic mass is 10.2. The maximum atomic E-state index is 5.52. The molecular formula is C11H12N4. The Balaban J connectivity index is 2.18. The van der Waals surface area contributed by atoms with Crippen LogP contribution in [0.15, 0.2) is 36.7 Å². The molecule has 76 valence electrons. The van der Waals surface area contributed by atoms with Gasteiger partial charge in [0.25, 0.3) is 0 Å². The predicted octanol–water partition coefficient (Wildman–Crippen LogP) is 2.11. The average molecular weight is 200 g/mol. The van der Waals surface area contributed by atoms with Crippen LogP contribution in [0.2, 0.25) is 0 Å². The number of nitrogens with zero attached hydrogens (tertiary/aromatic N) is 2. The topological polar surface area (TPSA) is 63.8 Å². The summed E-state index contributed by atoms with van der Waals surface area (Å²) in [5, 5.41) is 3.12. The largest absolute Gasteiger partial charge is 0.382 e. The summed E-state index contributed by atoms with van der Waals surface area (Å²) < 4.78 is 0. The minimum atomic E-state index is 0.409. The van der Waals surface area contributed by atoms with Crippen molar-refractivity contribution in [2.45, 2.75) is 6.92 Å². The van der Waals surface area contributed by atoms with Gasteiger partial charge in [-0.2, -0.15) is 0 Å². The molecule has 0 spiro atoms. The zero-order chi connectivity index (χ0) is 10.7. The second-order valence-corrected chi connectivity index (χ2v) is 3.32. The lowest BCUT2D eigenvalue weighted by Crippen LogP contribution is -1.97. The van der Waals surface area contributed by atoms with E-state index in [0.717, 1.165) is 5.69 Å². The fraction of sp³-hybridized carbons (Fsp3) is 0.0909. The van der Waals surface area contributed by atoms with Crippen molar-refractivity contribution in [2.24, 2.45) is 0 Å². The Morgan fingerprint density at radius 1 is 1.13 bits per heavy atom. The van der Waals surface area contributed by atoms with E-state index in [1.807, 2.05) is 31.2 Å². The molecule has 15 heavy (non-hydrogen) atoms. The van der Waals surface area contributed by atoms with Crippen LogP contribution in [0.4, 0.5) is 17.3 Å². The van der Waals surface area contributed by atoms with Gasteiger partial charge in [0.15, 0.2) is 5.82 Å². The average Bonchev–Trinajstić information content (AvgIpc) is 2.22. The SMILES string of the molecule is Cc1ccc(Nc2cncc(N)n2)cc1. The Kier molecular flexibility index (Phi) is 2.49. The number of nitrogen functional groups attached to an aromatic ring is 1. The molecule has 0 saturated heterocycles. The fourth-order valence-electron chi connectivity index (χ4n) is 1.23. The summed E-state index contributed by atoms with van der Waals surface area (Å²) in [4.78, 5) is 8.04. The molecule has 3 N–H and O–H groups in total. The molecular weight excluding hydrogens is 188 g/mol. The summed E-state index contributed by atoms with van der Waals surface area (Å²) >= 11 is 0. The summed E-state index contributed by atoms with van der Waals surface area (Å²) in [6, 6.07) is 8.03. The molecule has 0 fully saturated rings. The predicted molar refractivity (Wildman–Crippen MR) is 60.9 cm³/mol. The molecule has 0 aliphatic rings. The van der Waals surface area contributed by atoms with Crippen molar-refractivity contribution in [2.75, 3.05) is 11.1 Å². The van der Waals surface area contributed by atoms with Crippen LogP contribution < -0.4 is 11.1 Å². The van der Waals surface area contributed by atoms with Crippen LogP contribution in [-0.2, 0) is 0 Å². The van der Waals surface area contributed by atoms with Crippen LogP contribution in [0, 0.1) is 6.92 Å². The van der Waals surface area contributed by atoms with E-state index in [2.05, 4.69) is 15.3 Å². The van der Waals surface area contributed by atoms with Gasteiger partial charge in [0, 0.05) is 5.69 Å². The molecule has 2 rings (SSSR count). The van der Waals surface area contributed by atoms with Gasteiger partial charge in [-0.25, -0.2) is 4.98 Å². The molecule has 1 aromatic carbocycles. The van der Waals surface area contributed by atoms with Gasteiger partial charge in [0.05, 0.1) is 12.4 Å². The first-order chi connectivity index (χ1) is 7.24. The van der Waals surface area contributed by atoms with E-state index < -0.39 is 0 Å². The van der Waals surface area contributed by atoms with Gasteiger partial charge >= 0.3 is 0 Å². The lowest BCUT2D eigenvalue weighted by Gasteiger charge is -2.05. The molecule has 0 amide bonds. The molecule has 0 radical (unpaired) electrons. The number of aryl methyl sites for hydroxylation is 1. The molecule has 0 unspecified atom stereocenters. The maximum Gasteiger partial charge on any atom is 0.151 e. The number of aromatic nitrogens is 2. The summed E-state index contributed by atoms with van der Waals surface area (Å²) in [5.74, 6) is 1.06. The number of nitrogens with two attached hydrogens (primary N) is 1. The first kappa shape index (κ1) is 9.45. The third-order valence-corrected chi connectivity index (χ3v) is 1.98. The van der Waals surface area contributed by atoms with Crippen LogP contribution in [0.25, 0.3) is 0 Å². The van der Waals surface area contributed by atoms with Crippen molar-refractivity contribution < 1.29 is 0 Å². The molecule has 4 heteroatoms. The second kappa shape index (κ2) is 3.96. The van der Waals surface area contributed by atoms with E-state index in [9.17, 15) is 0 Å². The highest BCUT2D eigenvalue weighted by Gasteiger charge is 1.96. The number of nitrogens with one attached hydrogen (secondary N) is 1. The summed E-state index contributed by atoms with van der Waals surface area (Å²) in [6.07, 6.45) is 3.15. The van der Waals surface area contributed by atoms with E-state index in [1.165, 1.54) is 11.8 Å². The van der Waals surface area contributed by atoms with Crippen molar-refractivity contribution >= 4 is 17.3 Å². The number of benzene rings is 1. The Hall–Kier alpha value is -2.10. The zero-order valence-corrected chi connectivity index (χ0v) is 8.44. The molecule has 0 saturated carbocycles. The van der Waals surface area contributed by atoms with Gasteiger partial charge in [0.2, 0.25) is 0 Å². The van der Waals surface area contributed by atoms with Crippen molar-refractivity contribution in [1.29, 1.82) is 0 Å². The molecule has 4 nitrogen and oxygen atoms in total. The van der Waals surface area contributed by atoms with Gasteiger partial charge in [-0.3, -0.25) is 4.98 Å². The van der Waals surface area contributed by atoms with Crippen LogP contribution in [0.3, 0.4) is 0 Å². The normalized spacial score (nSPS) is 9.93. The van der Waals surface area contributed by atoms with Crippen LogP contribution in [0.5, 0.6) is 0 Å². The van der Waals surface area contributed by atoms with E-state index in [1.54, 1.807) is 6.20 Å². The van der Waals surface area contributed by atoms with E-state index >= 15 is 0 Å². The monoisotopic (exact) mass is 200 g/mol. The Bertz CT molecular complexity index is 450. The van der Waals surface area contributed by atoms with Gasteiger partial charge in [0.1, 0.15) is 5.82 Å². The van der Waals surface area contributed by atoms with Crippen LogP contribution in [0.1, 0.15) is 5.56 Å². The molecule has 1 aromatic heterocycles. The third-order valence-electron chi connectivity index (χ3n) is 1.98. The highest BCUT2D eigenvalue weighted by Crippen LogP contribution is 2.14. The standard InChI is InChI=1S/C11H12N4/c1-8-2-4-9(5-3-8)14-11-7-13-6-10(12)15-11/h2-7H,1H3,(H3,12,14,15). The molecule has 0 aliphatic carbocycles. The van der Waals surface area contributed by atoms with Crippen molar-refractivity contribution in [3.8, 4) is 0 Å². The van der Waals surface area contributed by atoms with Gasteiger partial charge in [-0.15, -0.1) is 0 Å². The molecule has 0 atom stereocenters. The lowest BCUT2D eigenvalue weighted by molar-refractivity contribution is 1.21. The van der Waals surface area contributed by atoms with E-state index in [0.29, 0.717) is 11.6 Å². The minimum absolute atomic E-state index is 0.409. The van der Waals surface area contributed by atoms with Crippen LogP contribution >= 0.6 is 0 Å². The molecule has 0 aliphatic heterocycles. The summed E-state index contributed by atoms with van der Waals surface area (Å²) in [7, 11) is 0. The quantitative estimate of drug-likeness (QED) is 0.779. The highest BCUT2D eigenvalue weighted by atomic mass is 15.0. The zero-order valence-electron chi connectivity index (χ0n) is 8.44. The van der Waals surface area contributed by atoms with Gasteiger partial charge in [-0.05, 0) is 19.1 Å². The summed E-state index contributed by atoms with van der Waals surface area (Å²) in [5.41, 5.74) is 7.72. The van der Waals surface area contributed by atoms with E-state index in [-0.39, 0.29) is 0 Å². The first-order valence-electron chi connectivity index (χ1n) is 4.65. The molecule has 1 heterocycles. The van der Waals surface area contributed by atoms with Crippen LogP contribution in [-0.4, -0.2) is 9.97 Å². The second-order valence-electron chi connectivity index (χ2n) is 3.32. The minimum Gasteiger partial charge on any atom is -0.382 e. The Morgan fingerprint density at radius 2 is 1.87 bits per heavy atom.